The third kappa shape index (κ3) is 0.994. The van der Waals surface area contributed by atoms with Crippen LogP contribution in [0.25, 0.3) is 0 Å². The molecule has 6 N–H and O–H groups in total. The first kappa shape index (κ1) is 6.76. The van der Waals surface area contributed by atoms with Crippen molar-refractivity contribution in [3.05, 3.63) is 10.4 Å². The fourth-order valence-corrected chi connectivity index (χ4v) is 0.344. The minimum Gasteiger partial charge on any atom is -0.572 e. The van der Waals surface area contributed by atoms with Gasteiger partial charge in [0.05, 0.1) is 10.5 Å². The molecule has 0 aliphatic carbocycles. The maximum atomic E-state index is 10.2. The van der Waals surface area contributed by atoms with E-state index in [1.54, 1.807) is 0 Å². The second-order valence-corrected chi connectivity index (χ2v) is 1.32. The lowest BCUT2D eigenvalue weighted by atomic mass is 12.0. The predicted molar refractivity (Wildman–Crippen MR) is 21.8 cm³/mol. The first-order valence-corrected chi connectivity index (χ1v) is 1.98. The fourth-order valence-electron chi connectivity index (χ4n) is 0.344. The maximum Gasteiger partial charge on any atom is 0.0898 e. The number of nitrogens with zero attached hydrogens (tertiary/aromatic N) is 2. The number of hydrazine groups is 3. The van der Waals surface area contributed by atoms with Crippen LogP contribution in [-0.4, -0.2) is 10.5 Å². The molecular formula is H6N6O3. The van der Waals surface area contributed by atoms with Gasteiger partial charge in [0, 0.05) is 4.94 Å². The van der Waals surface area contributed by atoms with Crippen LogP contribution in [-0.2, 0) is 4.94 Å². The number of nitrogens with two attached hydrogens (primary N) is 2. The standard InChI is InChI=1S/H6N6O3/c1-3-4(2)6(8)9-5(3)7/h5-6H,1-2H2. The average Bonchev–Trinajstić information content (AvgIpc) is 1.98. The lowest BCUT2D eigenvalue weighted by Gasteiger charge is -2.13. The van der Waals surface area contributed by atoms with E-state index in [0.717, 1.165) is 0 Å². The van der Waals surface area contributed by atoms with Crippen molar-refractivity contribution in [1.29, 1.82) is 0 Å². The summed E-state index contributed by atoms with van der Waals surface area (Å²) in [5, 5.41) is 19.2. The molecule has 2 unspecified atom stereocenters. The molecule has 1 fully saturated rings. The van der Waals surface area contributed by atoms with Crippen LogP contribution in [0.15, 0.2) is 0 Å². The van der Waals surface area contributed by atoms with Crippen molar-refractivity contribution in [2.24, 2.45) is 11.7 Å². The highest BCUT2D eigenvalue weighted by Gasteiger charge is 2.34. The second-order valence-electron chi connectivity index (χ2n) is 1.32. The summed E-state index contributed by atoms with van der Waals surface area (Å²) in [5.74, 6) is 9.70. The van der Waals surface area contributed by atoms with Gasteiger partial charge in [0.1, 0.15) is 0 Å². The third-order valence-electron chi connectivity index (χ3n) is 0.781. The molecule has 9 heteroatoms. The van der Waals surface area contributed by atoms with Gasteiger partial charge >= 0.3 is 0 Å². The summed E-state index contributed by atoms with van der Waals surface area (Å²) in [6, 6.07) is 0. The molecule has 1 heterocycles. The Bertz CT molecular complexity index is 92.5. The molecule has 2 atom stereocenters. The molecule has 54 valence electrons. The van der Waals surface area contributed by atoms with E-state index >= 15 is 0 Å². The molecule has 9 heavy (non-hydrogen) atoms. The Balaban J connectivity index is 2.54. The molecule has 0 amide bonds. The van der Waals surface area contributed by atoms with Crippen LogP contribution >= 0.6 is 0 Å². The quantitative estimate of drug-likeness (QED) is 0.195. The van der Waals surface area contributed by atoms with Gasteiger partial charge in [-0.25, -0.2) is 0 Å². The van der Waals surface area contributed by atoms with Gasteiger partial charge in [-0.2, -0.15) is 11.7 Å². The predicted octanol–water partition coefficient (Wildman–Crippen LogP) is -5.29. The number of quaternary nitrogens is 2. The average molecular weight is 138 g/mol. The Morgan fingerprint density at radius 3 is 1.56 bits per heavy atom. The normalized spacial score (nSPS) is 40.0. The topological polar surface area (TPSA) is 123 Å². The van der Waals surface area contributed by atoms with Crippen molar-refractivity contribution in [3.8, 4) is 0 Å². The molecule has 0 saturated carbocycles. The Labute approximate surface area is 49.5 Å². The molecule has 0 aromatic carbocycles. The summed E-state index contributed by atoms with van der Waals surface area (Å²) in [6.45, 7) is 0. The van der Waals surface area contributed by atoms with Crippen LogP contribution in [0.5, 0.6) is 0 Å². The summed E-state index contributed by atoms with van der Waals surface area (Å²) in [4.78, 5) is 3.91. The highest BCUT2D eigenvalue weighted by molar-refractivity contribution is 4.00. The zero-order valence-corrected chi connectivity index (χ0v) is 4.27. The minimum atomic E-state index is -0.984. The zero-order valence-electron chi connectivity index (χ0n) is 4.27. The molecule has 1 aliphatic rings. The van der Waals surface area contributed by atoms with Gasteiger partial charge in [0.15, 0.2) is 0 Å². The number of hydrogen-bond donors (Lipinski definition) is 4. The molecule has 9 nitrogen and oxygen atoms in total. The summed E-state index contributed by atoms with van der Waals surface area (Å²) in [6.07, 6.45) is 0. The van der Waals surface area contributed by atoms with Crippen LogP contribution in [0.4, 0.5) is 0 Å². The number of rotatable bonds is 0. The monoisotopic (exact) mass is 138 g/mol. The number of nitrogens with one attached hydrogen (secondary N) is 2. The molecule has 0 radical (unpaired) electrons. The highest BCUT2D eigenvalue weighted by atomic mass is 17.2. The molecule has 1 rings (SSSR count). The Morgan fingerprint density at radius 2 is 1.44 bits per heavy atom. The van der Waals surface area contributed by atoms with Crippen molar-refractivity contribution in [2.75, 3.05) is 0 Å². The van der Waals surface area contributed by atoms with Gasteiger partial charge in [-0.1, -0.05) is 10.7 Å². The van der Waals surface area contributed by atoms with Gasteiger partial charge in [-0.3, -0.25) is 0 Å². The van der Waals surface area contributed by atoms with E-state index in [4.69, 9.17) is 11.7 Å². The molecular weight excluding hydrogens is 132 g/mol. The van der Waals surface area contributed by atoms with E-state index in [2.05, 4.69) is 4.94 Å². The van der Waals surface area contributed by atoms with Crippen molar-refractivity contribution in [1.82, 2.24) is 10.5 Å². The first-order chi connectivity index (χ1) is 4.13. The van der Waals surface area contributed by atoms with Gasteiger partial charge < -0.3 is 10.4 Å². The first-order valence-electron chi connectivity index (χ1n) is 1.98. The molecule has 0 spiro atoms. The van der Waals surface area contributed by atoms with Crippen molar-refractivity contribution in [3.63, 3.8) is 0 Å². The fraction of sp³-hybridized carbons (Fsp3) is 0. The minimum absolute atomic E-state index is 0.363. The van der Waals surface area contributed by atoms with Crippen molar-refractivity contribution in [2.45, 2.75) is 0 Å². The third-order valence-corrected chi connectivity index (χ3v) is 0.781. The summed E-state index contributed by atoms with van der Waals surface area (Å²) in [7, 11) is 0. The lowest BCUT2D eigenvalue weighted by molar-refractivity contribution is -1.31. The Morgan fingerprint density at radius 1 is 1.11 bits per heavy atom. The maximum absolute atomic E-state index is 10.2. The molecule has 1 aliphatic heterocycles. The Hall–Kier alpha value is -0.360. The molecule has 0 bridgehead atoms. The van der Waals surface area contributed by atoms with Crippen LogP contribution < -0.4 is 22.4 Å². The highest BCUT2D eigenvalue weighted by Crippen LogP contribution is 1.63. The van der Waals surface area contributed by atoms with Crippen LogP contribution in [0.2, 0.25) is 0 Å². The Kier molecular flexibility index (Phi) is 1.58. The summed E-state index contributed by atoms with van der Waals surface area (Å²) >= 11 is 0. The van der Waals surface area contributed by atoms with E-state index in [9.17, 15) is 10.4 Å². The van der Waals surface area contributed by atoms with E-state index < -0.39 is 10.7 Å². The largest absolute Gasteiger partial charge is 0.572 e. The zero-order chi connectivity index (χ0) is 7.02. The second kappa shape index (κ2) is 2.11. The van der Waals surface area contributed by atoms with Crippen molar-refractivity contribution < 1.29 is 15.6 Å². The lowest BCUT2D eigenvalue weighted by Crippen LogP contribution is -3.19. The van der Waals surface area contributed by atoms with E-state index in [1.807, 2.05) is 0 Å². The smallest absolute Gasteiger partial charge is 0.0898 e. The molecule has 1 saturated heterocycles. The summed E-state index contributed by atoms with van der Waals surface area (Å²) in [5.41, 5.74) is 0. The van der Waals surface area contributed by atoms with Gasteiger partial charge in [-0.05, 0) is 0 Å². The molecule has 0 aromatic heterocycles. The van der Waals surface area contributed by atoms with Gasteiger partial charge in [0.2, 0.25) is 0 Å². The summed E-state index contributed by atoms with van der Waals surface area (Å²) < 4.78 is 0. The van der Waals surface area contributed by atoms with E-state index in [-0.39, 0.29) is 0 Å². The van der Waals surface area contributed by atoms with Gasteiger partial charge in [0.25, 0.3) is 0 Å². The van der Waals surface area contributed by atoms with Crippen LogP contribution in [0, 0.1) is 10.4 Å². The van der Waals surface area contributed by atoms with Crippen LogP contribution in [0.1, 0.15) is 0 Å². The van der Waals surface area contributed by atoms with E-state index in [0.29, 0.717) is 10.5 Å². The van der Waals surface area contributed by atoms with Gasteiger partial charge in [-0.15, -0.1) is 0 Å². The number of hydrogen-bond acceptors (Lipinski definition) is 7. The molecule has 0 aromatic rings. The SMILES string of the molecule is NN1N(N)[NH+]([O-])O[NH+]1[O-]. The van der Waals surface area contributed by atoms with E-state index in [1.165, 1.54) is 0 Å². The van der Waals surface area contributed by atoms with Crippen LogP contribution in [0.3, 0.4) is 0 Å². The van der Waals surface area contributed by atoms with Crippen molar-refractivity contribution >= 4 is 0 Å².